The fourth-order valence-electron chi connectivity index (χ4n) is 0.879. The predicted molar refractivity (Wildman–Crippen MR) is 49.7 cm³/mol. The van der Waals surface area contributed by atoms with E-state index in [9.17, 15) is 17.2 Å². The highest BCUT2D eigenvalue weighted by atomic mass is 32.2. The molecule has 0 aromatic heterocycles. The van der Waals surface area contributed by atoms with Gasteiger partial charge in [-0.15, -0.1) is 0 Å². The lowest BCUT2D eigenvalue weighted by atomic mass is 10.4. The molecule has 0 heterocycles. The number of thioether (sulfide) groups is 1. The van der Waals surface area contributed by atoms with Crippen molar-refractivity contribution in [3.63, 3.8) is 0 Å². The van der Waals surface area contributed by atoms with Gasteiger partial charge in [0.25, 0.3) is 5.76 Å². The first-order valence-electron chi connectivity index (χ1n) is 3.48. The third kappa shape index (κ3) is 2.93. The number of hydrogen-bond acceptors (Lipinski definition) is 3. The Labute approximate surface area is 84.4 Å². The van der Waals surface area contributed by atoms with E-state index in [4.69, 9.17) is 5.14 Å². The van der Waals surface area contributed by atoms with Crippen molar-refractivity contribution in [2.75, 3.05) is 0 Å². The molecule has 78 valence electrons. The molecule has 0 aliphatic carbocycles. The number of sulfonamides is 1. The van der Waals surface area contributed by atoms with Crippen LogP contribution in [0.15, 0.2) is 34.1 Å². The van der Waals surface area contributed by atoms with Crippen molar-refractivity contribution in [1.29, 1.82) is 0 Å². The average molecular weight is 239 g/mol. The fraction of sp³-hybridized carbons (Fsp3) is 0.143. The molecule has 2 N–H and O–H groups in total. The quantitative estimate of drug-likeness (QED) is 0.816. The first kappa shape index (κ1) is 11.4. The standard InChI is InChI=1S/C7H7F2NO2S2/c8-7(9)13-5-3-1-2-4-6(5)14(10,11)12/h1-4,7H,(H2,10,11,12). The van der Waals surface area contributed by atoms with Crippen molar-refractivity contribution in [3.8, 4) is 0 Å². The van der Waals surface area contributed by atoms with E-state index in [1.165, 1.54) is 24.3 Å². The van der Waals surface area contributed by atoms with Crippen LogP contribution in [-0.4, -0.2) is 14.2 Å². The molecule has 0 fully saturated rings. The molecule has 7 heteroatoms. The van der Waals surface area contributed by atoms with Gasteiger partial charge in [0, 0.05) is 4.90 Å². The smallest absolute Gasteiger partial charge is 0.225 e. The summed E-state index contributed by atoms with van der Waals surface area (Å²) in [5, 5.41) is 4.85. The molecule has 1 aromatic carbocycles. The lowest BCUT2D eigenvalue weighted by Crippen LogP contribution is -2.13. The lowest BCUT2D eigenvalue weighted by molar-refractivity contribution is 0.252. The molecule has 1 rings (SSSR count). The van der Waals surface area contributed by atoms with E-state index in [0.29, 0.717) is 0 Å². The normalized spacial score (nSPS) is 12.0. The van der Waals surface area contributed by atoms with Crippen LogP contribution in [0.3, 0.4) is 0 Å². The summed E-state index contributed by atoms with van der Waals surface area (Å²) < 4.78 is 45.9. The minimum absolute atomic E-state index is 0.0370. The zero-order valence-electron chi connectivity index (χ0n) is 6.85. The number of benzene rings is 1. The second-order valence-electron chi connectivity index (χ2n) is 2.37. The third-order valence-corrected chi connectivity index (χ3v) is 3.26. The van der Waals surface area contributed by atoms with E-state index >= 15 is 0 Å². The maximum absolute atomic E-state index is 12.0. The minimum atomic E-state index is -3.93. The van der Waals surface area contributed by atoms with Crippen LogP contribution in [0.2, 0.25) is 0 Å². The zero-order chi connectivity index (χ0) is 10.8. The maximum atomic E-state index is 12.0. The van der Waals surface area contributed by atoms with Crippen molar-refractivity contribution in [3.05, 3.63) is 24.3 Å². The summed E-state index contributed by atoms with van der Waals surface area (Å²) in [5.74, 6) is -2.67. The summed E-state index contributed by atoms with van der Waals surface area (Å²) in [6, 6.07) is 5.38. The molecule has 0 atom stereocenters. The van der Waals surface area contributed by atoms with E-state index in [1.54, 1.807) is 0 Å². The van der Waals surface area contributed by atoms with Crippen LogP contribution in [-0.2, 0) is 10.0 Å². The van der Waals surface area contributed by atoms with E-state index in [0.717, 1.165) is 0 Å². The van der Waals surface area contributed by atoms with Crippen LogP contribution < -0.4 is 5.14 Å². The molecule has 14 heavy (non-hydrogen) atoms. The van der Waals surface area contributed by atoms with Crippen LogP contribution in [0.1, 0.15) is 0 Å². The second kappa shape index (κ2) is 4.24. The number of alkyl halides is 2. The maximum Gasteiger partial charge on any atom is 0.288 e. The van der Waals surface area contributed by atoms with Gasteiger partial charge in [-0.3, -0.25) is 0 Å². The summed E-state index contributed by atoms with van der Waals surface area (Å²) in [4.78, 5) is -0.310. The number of nitrogens with two attached hydrogens (primary N) is 1. The Morgan fingerprint density at radius 2 is 1.86 bits per heavy atom. The van der Waals surface area contributed by atoms with Crippen LogP contribution in [0, 0.1) is 0 Å². The molecular weight excluding hydrogens is 232 g/mol. The Bertz CT molecular complexity index is 419. The first-order valence-corrected chi connectivity index (χ1v) is 5.90. The van der Waals surface area contributed by atoms with E-state index < -0.39 is 15.8 Å². The Hall–Kier alpha value is -0.660. The van der Waals surface area contributed by atoms with Crippen molar-refractivity contribution in [1.82, 2.24) is 0 Å². The molecule has 0 radical (unpaired) electrons. The van der Waals surface area contributed by atoms with E-state index in [-0.39, 0.29) is 21.6 Å². The van der Waals surface area contributed by atoms with Crippen LogP contribution in [0.5, 0.6) is 0 Å². The molecule has 1 aromatic rings. The first-order chi connectivity index (χ1) is 6.41. The van der Waals surface area contributed by atoms with Gasteiger partial charge in [-0.05, 0) is 12.1 Å². The van der Waals surface area contributed by atoms with Gasteiger partial charge >= 0.3 is 0 Å². The summed E-state index contributed by atoms with van der Waals surface area (Å²) >= 11 is 0.159. The van der Waals surface area contributed by atoms with Gasteiger partial charge in [-0.1, -0.05) is 23.9 Å². The Morgan fingerprint density at radius 3 is 2.36 bits per heavy atom. The molecule has 0 saturated heterocycles. The van der Waals surface area contributed by atoms with Crippen molar-refractivity contribution in [2.45, 2.75) is 15.5 Å². The summed E-state index contributed by atoms with van der Waals surface area (Å²) in [6.45, 7) is 0. The van der Waals surface area contributed by atoms with Gasteiger partial charge in [-0.2, -0.15) is 8.78 Å². The molecule has 0 saturated carbocycles. The number of primary sulfonamides is 1. The minimum Gasteiger partial charge on any atom is -0.225 e. The van der Waals surface area contributed by atoms with Crippen LogP contribution in [0.4, 0.5) is 8.78 Å². The molecule has 0 unspecified atom stereocenters. The largest absolute Gasteiger partial charge is 0.288 e. The van der Waals surface area contributed by atoms with Crippen molar-refractivity contribution >= 4 is 21.8 Å². The highest BCUT2D eigenvalue weighted by Crippen LogP contribution is 2.30. The number of hydrogen-bond donors (Lipinski definition) is 1. The SMILES string of the molecule is NS(=O)(=O)c1ccccc1SC(F)F. The number of rotatable bonds is 3. The molecule has 0 aliphatic heterocycles. The lowest BCUT2D eigenvalue weighted by Gasteiger charge is -2.05. The van der Waals surface area contributed by atoms with Gasteiger partial charge in [0.2, 0.25) is 10.0 Å². The topological polar surface area (TPSA) is 60.2 Å². The summed E-state index contributed by atoms with van der Waals surface area (Å²) in [5.41, 5.74) is 0. The summed E-state index contributed by atoms with van der Waals surface area (Å²) in [7, 11) is -3.93. The van der Waals surface area contributed by atoms with Crippen LogP contribution in [0.25, 0.3) is 0 Å². The molecular formula is C7H7F2NO2S2. The Kier molecular flexibility index (Phi) is 3.46. The molecule has 0 amide bonds. The highest BCUT2D eigenvalue weighted by Gasteiger charge is 2.16. The molecule has 0 bridgehead atoms. The Balaban J connectivity index is 3.17. The Morgan fingerprint density at radius 1 is 1.29 bits per heavy atom. The number of halogens is 2. The molecule has 0 spiro atoms. The van der Waals surface area contributed by atoms with Gasteiger partial charge in [0.1, 0.15) is 0 Å². The molecule has 0 aliphatic rings. The van der Waals surface area contributed by atoms with E-state index in [2.05, 4.69) is 0 Å². The van der Waals surface area contributed by atoms with Gasteiger partial charge < -0.3 is 0 Å². The fourth-order valence-corrected chi connectivity index (χ4v) is 2.52. The predicted octanol–water partition coefficient (Wildman–Crippen LogP) is 1.65. The third-order valence-electron chi connectivity index (χ3n) is 1.37. The van der Waals surface area contributed by atoms with E-state index in [1.807, 2.05) is 0 Å². The van der Waals surface area contributed by atoms with Crippen molar-refractivity contribution in [2.24, 2.45) is 5.14 Å². The monoisotopic (exact) mass is 239 g/mol. The zero-order valence-corrected chi connectivity index (χ0v) is 8.49. The second-order valence-corrected chi connectivity index (χ2v) is 4.93. The van der Waals surface area contributed by atoms with Gasteiger partial charge in [-0.25, -0.2) is 13.6 Å². The van der Waals surface area contributed by atoms with Crippen LogP contribution >= 0.6 is 11.8 Å². The van der Waals surface area contributed by atoms with Crippen molar-refractivity contribution < 1.29 is 17.2 Å². The van der Waals surface area contributed by atoms with Gasteiger partial charge in [0.05, 0.1) is 4.90 Å². The molecule has 3 nitrogen and oxygen atoms in total. The summed E-state index contributed by atoms with van der Waals surface area (Å²) in [6.07, 6.45) is 0. The average Bonchev–Trinajstić information content (AvgIpc) is 2.01. The van der Waals surface area contributed by atoms with Gasteiger partial charge in [0.15, 0.2) is 0 Å². The highest BCUT2D eigenvalue weighted by molar-refractivity contribution is 8.00.